The van der Waals surface area contributed by atoms with Crippen LogP contribution in [0, 0.1) is 0 Å². The Morgan fingerprint density at radius 1 is 0.576 bits per heavy atom. The van der Waals surface area contributed by atoms with Crippen molar-refractivity contribution >= 4 is 27.6 Å². The zero-order valence-corrected chi connectivity index (χ0v) is 40.5. The Balaban J connectivity index is 2.71. The molecule has 0 aromatic carbocycles. The van der Waals surface area contributed by atoms with Crippen molar-refractivity contribution < 1.29 is 82.0 Å². The molecule has 0 aromatic rings. The average Bonchev–Trinajstić information content (AvgIpc) is 3.26. The van der Waals surface area contributed by atoms with E-state index >= 15 is 0 Å². The van der Waals surface area contributed by atoms with Crippen molar-refractivity contribution in [1.82, 2.24) is 0 Å². The highest BCUT2D eigenvalue weighted by atomic mass is 31.2. The van der Waals surface area contributed by atoms with Crippen molar-refractivity contribution in [2.75, 3.05) is 13.2 Å². The Hall–Kier alpha value is -2.86. The molecule has 5 unspecified atom stereocenters. The van der Waals surface area contributed by atoms with E-state index in [9.17, 15) is 49.1 Å². The molecule has 0 radical (unpaired) electrons. The summed E-state index contributed by atoms with van der Waals surface area (Å²) in [6.45, 7) is 2.77. The normalized spacial score (nSPS) is 22.8. The van der Waals surface area contributed by atoms with Gasteiger partial charge in [-0.15, -0.1) is 0 Å². The van der Waals surface area contributed by atoms with Crippen LogP contribution in [0.25, 0.3) is 0 Å². The van der Waals surface area contributed by atoms with E-state index in [1.54, 1.807) is 12.2 Å². The second-order valence-electron chi connectivity index (χ2n) is 15.9. The topological polar surface area (TPSA) is 276 Å². The largest absolute Gasteiger partial charge is 0.472 e. The molecule has 66 heavy (non-hydrogen) atoms. The van der Waals surface area contributed by atoms with Crippen LogP contribution in [0.15, 0.2) is 85.1 Å². The zero-order chi connectivity index (χ0) is 49.1. The first kappa shape index (κ1) is 61.2. The average molecular weight is 977 g/mol. The van der Waals surface area contributed by atoms with Gasteiger partial charge in [-0.05, 0) is 77.0 Å². The molecule has 1 rings (SSSR count). The molecule has 0 amide bonds. The van der Waals surface area contributed by atoms with Gasteiger partial charge in [0.25, 0.3) is 0 Å². The summed E-state index contributed by atoms with van der Waals surface area (Å²) in [4.78, 5) is 54.3. The van der Waals surface area contributed by atoms with Crippen LogP contribution in [0.5, 0.6) is 0 Å². The highest BCUT2D eigenvalue weighted by molar-refractivity contribution is 7.47. The summed E-state index contributed by atoms with van der Waals surface area (Å²) in [6, 6.07) is 0. The van der Waals surface area contributed by atoms with Gasteiger partial charge in [-0.2, -0.15) is 0 Å². The lowest BCUT2D eigenvalue weighted by Gasteiger charge is -2.43. The highest BCUT2D eigenvalue weighted by Crippen LogP contribution is 2.49. The van der Waals surface area contributed by atoms with Crippen molar-refractivity contribution in [3.8, 4) is 0 Å². The van der Waals surface area contributed by atoms with Crippen molar-refractivity contribution in [3.05, 3.63) is 85.1 Å². The third-order valence-electron chi connectivity index (χ3n) is 10.1. The van der Waals surface area contributed by atoms with E-state index in [-0.39, 0.29) is 25.7 Å². The Morgan fingerprint density at radius 2 is 1.11 bits per heavy atom. The fraction of sp³-hybridized carbons (Fsp3) is 0.660. The minimum atomic E-state index is -5.39. The van der Waals surface area contributed by atoms with Gasteiger partial charge >= 0.3 is 27.6 Å². The van der Waals surface area contributed by atoms with Gasteiger partial charge in [0.05, 0.1) is 12.7 Å². The molecule has 0 heterocycles. The number of carbonyl (C=O) groups excluding carboxylic acids is 2. The lowest BCUT2D eigenvalue weighted by Crippen LogP contribution is -2.64. The second kappa shape index (κ2) is 37.1. The number of esters is 2. The number of ether oxygens (including phenoxy) is 2. The number of aliphatic hydroxyl groups excluding tert-OH is 5. The predicted octanol–water partition coefficient (Wildman–Crippen LogP) is 7.58. The first-order valence-electron chi connectivity index (χ1n) is 23.2. The van der Waals surface area contributed by atoms with Crippen molar-refractivity contribution in [2.45, 2.75) is 185 Å². The Kier molecular flexibility index (Phi) is 34.4. The first-order valence-corrected chi connectivity index (χ1v) is 26.3. The number of aliphatic hydroxyl groups is 5. The van der Waals surface area contributed by atoms with E-state index in [4.69, 9.17) is 28.3 Å². The molecule has 17 nitrogen and oxygen atoms in total. The molecule has 1 aliphatic carbocycles. The van der Waals surface area contributed by atoms with Crippen molar-refractivity contribution in [1.29, 1.82) is 0 Å². The Bertz CT molecular complexity index is 1620. The molecule has 0 aliphatic heterocycles. The number of allylic oxidation sites excluding steroid dienone is 13. The van der Waals surface area contributed by atoms with Crippen LogP contribution in [-0.2, 0) is 41.8 Å². The maximum Gasteiger partial charge on any atom is 0.472 e. The number of carbonyl (C=O) groups is 2. The SMILES string of the molecule is CC/C=C\C/C=C\C/C=C\CCCCCCCC(=O)OC[C@H](COP(=O)(O)O[C@H]1C(O)C(O)C(O)[C@@H](OP(=O)(O)O)C1O)OC(=O)CCC[C@@H](O)/C=C/C=C\C/C=C\C/C=C\CCCCC. The summed E-state index contributed by atoms with van der Waals surface area (Å²) in [5.41, 5.74) is 0. The van der Waals surface area contributed by atoms with Gasteiger partial charge in [-0.3, -0.25) is 23.2 Å². The molecule has 0 spiro atoms. The standard InChI is InChI=1S/C47H78O17P2/c1-3-5-7-9-11-13-15-17-18-20-22-24-26-28-30-34-40(49)60-36-39(37-61-66(58,59)64-47-44(53)42(51)43(52)46(45(47)54)63-65(55,56)57)62-41(50)35-31-33-38(48)32-29-27-25-23-21-19-16-14-12-10-8-6-4-2/h5,7,11-14,17-19,21,25,27,29,32,38-39,42-48,51-54H,3-4,6,8-10,15-16,20,22-24,26,28,30-31,33-37H2,1-2H3,(H,58,59)(H2,55,56,57)/b7-5-,13-11-,14-12-,18-17-,21-19-,27-25-,32-29+/t38-,39+,42?,43?,44?,45?,46+,47-/m0/s1. The van der Waals surface area contributed by atoms with Crippen molar-refractivity contribution in [2.24, 2.45) is 0 Å². The molecule has 1 saturated carbocycles. The van der Waals surface area contributed by atoms with Crippen LogP contribution >= 0.6 is 15.6 Å². The van der Waals surface area contributed by atoms with Crippen LogP contribution in [0.1, 0.15) is 136 Å². The lowest BCUT2D eigenvalue weighted by atomic mass is 9.85. The smallest absolute Gasteiger partial charge is 0.462 e. The monoisotopic (exact) mass is 976 g/mol. The zero-order valence-electron chi connectivity index (χ0n) is 38.7. The number of hydrogen-bond acceptors (Lipinski definition) is 14. The maximum absolute atomic E-state index is 13.0. The van der Waals surface area contributed by atoms with Crippen molar-refractivity contribution in [3.63, 3.8) is 0 Å². The molecular weight excluding hydrogens is 898 g/mol. The fourth-order valence-electron chi connectivity index (χ4n) is 6.44. The van der Waals surface area contributed by atoms with Crippen LogP contribution in [-0.4, -0.2) is 114 Å². The van der Waals surface area contributed by atoms with Gasteiger partial charge in [0, 0.05) is 12.8 Å². The number of unbranched alkanes of at least 4 members (excludes halogenated alkanes) is 8. The van der Waals surface area contributed by atoms with Gasteiger partial charge in [-0.25, -0.2) is 9.13 Å². The van der Waals surface area contributed by atoms with Crippen LogP contribution in [0.4, 0.5) is 0 Å². The second-order valence-corrected chi connectivity index (χ2v) is 18.5. The van der Waals surface area contributed by atoms with Crippen LogP contribution in [0.2, 0.25) is 0 Å². The minimum absolute atomic E-state index is 0.0560. The molecule has 1 fully saturated rings. The molecule has 0 saturated heterocycles. The number of phosphoric ester groups is 2. The van der Waals surface area contributed by atoms with Gasteiger partial charge in [0.2, 0.25) is 0 Å². The number of rotatable bonds is 37. The predicted molar refractivity (Wildman–Crippen MR) is 251 cm³/mol. The van der Waals surface area contributed by atoms with E-state index in [0.29, 0.717) is 6.42 Å². The molecule has 9 atom stereocenters. The summed E-state index contributed by atoms with van der Waals surface area (Å²) >= 11 is 0. The van der Waals surface area contributed by atoms with E-state index < -0.39 is 89.6 Å². The molecule has 8 N–H and O–H groups in total. The van der Waals surface area contributed by atoms with Crippen LogP contribution in [0.3, 0.4) is 0 Å². The molecule has 19 heteroatoms. The van der Waals surface area contributed by atoms with E-state index in [2.05, 4.69) is 79.1 Å². The molecule has 378 valence electrons. The third-order valence-corrected chi connectivity index (χ3v) is 11.6. The maximum atomic E-state index is 13.0. The molecule has 1 aliphatic rings. The minimum Gasteiger partial charge on any atom is -0.462 e. The third kappa shape index (κ3) is 31.2. The Morgan fingerprint density at radius 3 is 1.71 bits per heavy atom. The quantitative estimate of drug-likeness (QED) is 0.00979. The van der Waals surface area contributed by atoms with Gasteiger partial charge < -0.3 is 49.7 Å². The summed E-state index contributed by atoms with van der Waals surface area (Å²) in [7, 11) is -10.8. The summed E-state index contributed by atoms with van der Waals surface area (Å²) in [5.74, 6) is -1.44. The highest BCUT2D eigenvalue weighted by Gasteiger charge is 2.54. The van der Waals surface area contributed by atoms with Gasteiger partial charge in [0.1, 0.15) is 43.2 Å². The van der Waals surface area contributed by atoms with E-state index in [0.717, 1.165) is 70.6 Å². The lowest BCUT2D eigenvalue weighted by molar-refractivity contribution is -0.216. The van der Waals surface area contributed by atoms with Crippen LogP contribution < -0.4 is 0 Å². The van der Waals surface area contributed by atoms with Gasteiger partial charge in [0.15, 0.2) is 6.10 Å². The number of hydrogen-bond donors (Lipinski definition) is 8. The molecule has 0 aromatic heterocycles. The molecular formula is C47H78O17P2. The summed E-state index contributed by atoms with van der Waals surface area (Å²) < 4.78 is 49.2. The number of phosphoric acid groups is 2. The van der Waals surface area contributed by atoms with Gasteiger partial charge in [-0.1, -0.05) is 131 Å². The van der Waals surface area contributed by atoms with E-state index in [1.165, 1.54) is 19.3 Å². The molecule has 0 bridgehead atoms. The first-order chi connectivity index (χ1) is 31.5. The Labute approximate surface area is 391 Å². The fourth-order valence-corrected chi connectivity index (χ4v) is 7.97. The summed E-state index contributed by atoms with van der Waals surface area (Å²) in [6.07, 6.45) is 27.0. The summed E-state index contributed by atoms with van der Waals surface area (Å²) in [5, 5.41) is 51.6. The van der Waals surface area contributed by atoms with E-state index in [1.807, 2.05) is 12.2 Å².